The number of carbonyl (C=O) groups is 1. The fourth-order valence-electron chi connectivity index (χ4n) is 2.88. The third-order valence-corrected chi connectivity index (χ3v) is 5.65. The Kier molecular flexibility index (Phi) is 4.45. The number of aromatic nitrogens is 2. The number of sulfonamides is 1. The van der Waals surface area contributed by atoms with Crippen LogP contribution in [0.1, 0.15) is 36.8 Å². The van der Waals surface area contributed by atoms with Crippen molar-refractivity contribution < 1.29 is 13.2 Å². The van der Waals surface area contributed by atoms with E-state index in [0.29, 0.717) is 6.42 Å². The molecule has 0 aliphatic heterocycles. The van der Waals surface area contributed by atoms with Gasteiger partial charge in [-0.15, -0.1) is 0 Å². The van der Waals surface area contributed by atoms with Crippen molar-refractivity contribution in [3.05, 3.63) is 47.8 Å². The Bertz CT molecular complexity index is 840. The van der Waals surface area contributed by atoms with E-state index in [4.69, 9.17) is 0 Å². The van der Waals surface area contributed by atoms with E-state index in [9.17, 15) is 13.2 Å². The van der Waals surface area contributed by atoms with Crippen LogP contribution in [0.2, 0.25) is 0 Å². The molecule has 1 aliphatic rings. The van der Waals surface area contributed by atoms with Gasteiger partial charge in [-0.05, 0) is 42.0 Å². The van der Waals surface area contributed by atoms with Gasteiger partial charge in [-0.1, -0.05) is 25.5 Å². The predicted octanol–water partition coefficient (Wildman–Crippen LogP) is 1.98. The van der Waals surface area contributed by atoms with E-state index in [2.05, 4.69) is 16.7 Å². The Morgan fingerprint density at radius 2 is 2.04 bits per heavy atom. The summed E-state index contributed by atoms with van der Waals surface area (Å²) in [5.74, 6) is -0.689. The predicted molar refractivity (Wildman–Crippen MR) is 89.8 cm³/mol. The van der Waals surface area contributed by atoms with E-state index in [-0.39, 0.29) is 16.7 Å². The van der Waals surface area contributed by atoms with E-state index in [1.165, 1.54) is 0 Å². The van der Waals surface area contributed by atoms with Gasteiger partial charge < -0.3 is 0 Å². The van der Waals surface area contributed by atoms with Crippen molar-refractivity contribution in [1.29, 1.82) is 0 Å². The summed E-state index contributed by atoms with van der Waals surface area (Å²) in [6.07, 6.45) is 6.14. The Morgan fingerprint density at radius 1 is 1.33 bits per heavy atom. The molecule has 1 N–H and O–H groups in total. The summed E-state index contributed by atoms with van der Waals surface area (Å²) >= 11 is 0. The summed E-state index contributed by atoms with van der Waals surface area (Å²) in [7, 11) is -2.00. The second kappa shape index (κ2) is 6.39. The van der Waals surface area contributed by atoms with Crippen molar-refractivity contribution in [1.82, 2.24) is 14.5 Å². The number of hydrogen-bond acceptors (Lipinski definition) is 4. The van der Waals surface area contributed by atoms with Gasteiger partial charge in [0.25, 0.3) is 10.0 Å². The van der Waals surface area contributed by atoms with Gasteiger partial charge in [0.15, 0.2) is 0 Å². The minimum Gasteiger partial charge on any atom is -0.276 e. The van der Waals surface area contributed by atoms with Crippen LogP contribution in [0.15, 0.2) is 41.6 Å². The van der Waals surface area contributed by atoms with Gasteiger partial charge in [-0.25, -0.2) is 13.1 Å². The average Bonchev–Trinajstić information content (AvgIpc) is 3.23. The largest absolute Gasteiger partial charge is 0.276 e. The van der Waals surface area contributed by atoms with Crippen molar-refractivity contribution in [2.24, 2.45) is 13.0 Å². The van der Waals surface area contributed by atoms with E-state index in [0.717, 1.165) is 24.0 Å². The maximum absolute atomic E-state index is 12.3. The highest BCUT2D eigenvalue weighted by Crippen LogP contribution is 2.47. The van der Waals surface area contributed by atoms with Crippen LogP contribution >= 0.6 is 0 Å². The number of carbonyl (C=O) groups excluding carboxylic acids is 1. The van der Waals surface area contributed by atoms with Crippen LogP contribution in [-0.2, 0) is 28.3 Å². The van der Waals surface area contributed by atoms with Crippen LogP contribution in [0.25, 0.3) is 0 Å². The van der Waals surface area contributed by atoms with Crippen LogP contribution < -0.4 is 4.72 Å². The highest BCUT2D eigenvalue weighted by molar-refractivity contribution is 7.90. The number of rotatable bonds is 6. The highest BCUT2D eigenvalue weighted by Gasteiger charge is 2.45. The van der Waals surface area contributed by atoms with Crippen LogP contribution in [0, 0.1) is 5.92 Å². The first kappa shape index (κ1) is 16.7. The van der Waals surface area contributed by atoms with Crippen molar-refractivity contribution >= 4 is 15.9 Å². The maximum atomic E-state index is 12.3. The monoisotopic (exact) mass is 347 g/mol. The molecule has 7 heteroatoms. The molecular formula is C17H21N3O3S. The topological polar surface area (TPSA) is 81.1 Å². The fraction of sp³-hybridized carbons (Fsp3) is 0.412. The number of aryl methyl sites for hydroxylation is 2. The number of amides is 1. The van der Waals surface area contributed by atoms with Crippen molar-refractivity contribution in [3.63, 3.8) is 0 Å². The summed E-state index contributed by atoms with van der Waals surface area (Å²) in [5, 5.41) is 4.08. The summed E-state index contributed by atoms with van der Waals surface area (Å²) in [5.41, 5.74) is 2.06. The third kappa shape index (κ3) is 3.51. The third-order valence-electron chi connectivity index (χ3n) is 4.29. The quantitative estimate of drug-likeness (QED) is 0.866. The normalized spacial score (nSPS) is 19.9. The first-order valence-corrected chi connectivity index (χ1v) is 9.53. The second-order valence-corrected chi connectivity index (χ2v) is 7.94. The molecule has 1 heterocycles. The molecular weight excluding hydrogens is 326 g/mol. The summed E-state index contributed by atoms with van der Waals surface area (Å²) < 4.78 is 28.6. The van der Waals surface area contributed by atoms with Gasteiger partial charge in [0.05, 0.1) is 11.1 Å². The van der Waals surface area contributed by atoms with Crippen LogP contribution in [0.3, 0.4) is 0 Å². The zero-order valence-corrected chi connectivity index (χ0v) is 14.6. The zero-order chi connectivity index (χ0) is 17.3. The molecule has 2 aromatic rings. The van der Waals surface area contributed by atoms with Gasteiger partial charge in [-0.2, -0.15) is 5.10 Å². The Hall–Kier alpha value is -2.15. The molecule has 1 fully saturated rings. The molecule has 0 spiro atoms. The molecule has 6 nitrogen and oxygen atoms in total. The van der Waals surface area contributed by atoms with Crippen molar-refractivity contribution in [3.8, 4) is 0 Å². The van der Waals surface area contributed by atoms with E-state index in [1.54, 1.807) is 35.1 Å². The van der Waals surface area contributed by atoms with Gasteiger partial charge in [0, 0.05) is 19.2 Å². The molecule has 0 radical (unpaired) electrons. The lowest BCUT2D eigenvalue weighted by atomic mass is 10.1. The SMILES string of the molecule is CCCc1ccc(S(=O)(=O)NC(=O)C2CC2c2cnn(C)c2)cc1. The fourth-order valence-corrected chi connectivity index (χ4v) is 3.90. The number of nitrogens with zero attached hydrogens (tertiary/aromatic N) is 2. The molecule has 1 saturated carbocycles. The standard InChI is InChI=1S/C17H21N3O3S/c1-3-4-12-5-7-14(8-6-12)24(22,23)19-17(21)16-9-15(16)13-10-18-20(2)11-13/h5-8,10-11,15-16H,3-4,9H2,1-2H3,(H,19,21). The van der Waals surface area contributed by atoms with E-state index < -0.39 is 15.9 Å². The first-order chi connectivity index (χ1) is 11.4. The second-order valence-electron chi connectivity index (χ2n) is 6.26. The maximum Gasteiger partial charge on any atom is 0.264 e. The van der Waals surface area contributed by atoms with Crippen LogP contribution in [0.4, 0.5) is 0 Å². The van der Waals surface area contributed by atoms with Gasteiger partial charge in [-0.3, -0.25) is 9.48 Å². The van der Waals surface area contributed by atoms with Crippen LogP contribution in [0.5, 0.6) is 0 Å². The molecule has 1 amide bonds. The Balaban J connectivity index is 1.65. The molecule has 1 aromatic heterocycles. The van der Waals surface area contributed by atoms with Crippen molar-refractivity contribution in [2.75, 3.05) is 0 Å². The van der Waals surface area contributed by atoms with E-state index >= 15 is 0 Å². The Morgan fingerprint density at radius 3 is 2.62 bits per heavy atom. The van der Waals surface area contributed by atoms with Crippen molar-refractivity contribution in [2.45, 2.75) is 37.0 Å². The van der Waals surface area contributed by atoms with Gasteiger partial charge in [0.2, 0.25) is 5.91 Å². The lowest BCUT2D eigenvalue weighted by Crippen LogP contribution is -2.32. The Labute approximate surface area is 141 Å². The smallest absolute Gasteiger partial charge is 0.264 e. The number of benzene rings is 1. The van der Waals surface area contributed by atoms with Gasteiger partial charge >= 0.3 is 0 Å². The lowest BCUT2D eigenvalue weighted by Gasteiger charge is -2.07. The molecule has 2 atom stereocenters. The highest BCUT2D eigenvalue weighted by atomic mass is 32.2. The van der Waals surface area contributed by atoms with E-state index in [1.807, 2.05) is 13.2 Å². The molecule has 128 valence electrons. The number of hydrogen-bond donors (Lipinski definition) is 1. The molecule has 24 heavy (non-hydrogen) atoms. The number of nitrogens with one attached hydrogen (secondary N) is 1. The molecule has 1 aliphatic carbocycles. The first-order valence-electron chi connectivity index (χ1n) is 8.05. The summed E-state index contributed by atoms with van der Waals surface area (Å²) in [6.45, 7) is 2.07. The van der Waals surface area contributed by atoms with Crippen LogP contribution in [-0.4, -0.2) is 24.1 Å². The molecule has 0 bridgehead atoms. The minimum absolute atomic E-state index is 0.0563. The molecule has 2 unspecified atom stereocenters. The molecule has 1 aromatic carbocycles. The minimum atomic E-state index is -3.82. The molecule has 3 rings (SSSR count). The van der Waals surface area contributed by atoms with Gasteiger partial charge in [0.1, 0.15) is 0 Å². The molecule has 0 saturated heterocycles. The zero-order valence-electron chi connectivity index (χ0n) is 13.8. The summed E-state index contributed by atoms with van der Waals surface area (Å²) in [4.78, 5) is 12.4. The lowest BCUT2D eigenvalue weighted by molar-refractivity contribution is -0.120. The average molecular weight is 347 g/mol. The summed E-state index contributed by atoms with van der Waals surface area (Å²) in [6, 6.07) is 6.68.